The number of phenols is 1. The zero-order valence-electron chi connectivity index (χ0n) is 8.41. The van der Waals surface area contributed by atoms with Gasteiger partial charge in [-0.25, -0.2) is 0 Å². The molecule has 15 heavy (non-hydrogen) atoms. The van der Waals surface area contributed by atoms with Crippen LogP contribution in [0.2, 0.25) is 0 Å². The van der Waals surface area contributed by atoms with E-state index in [2.05, 4.69) is 27.3 Å². The molecule has 1 unspecified atom stereocenters. The summed E-state index contributed by atoms with van der Waals surface area (Å²) >= 11 is 3.20. The minimum absolute atomic E-state index is 0.0362. The van der Waals surface area contributed by atoms with E-state index in [1.807, 2.05) is 0 Å². The maximum atomic E-state index is 9.57. The molecule has 0 saturated carbocycles. The number of nitrogens with one attached hydrogen (secondary N) is 1. The highest BCUT2D eigenvalue weighted by molar-refractivity contribution is 9.10. The molecule has 1 atom stereocenters. The third-order valence-electron chi connectivity index (χ3n) is 2.02. The molecule has 1 aromatic carbocycles. The lowest BCUT2D eigenvalue weighted by Gasteiger charge is -2.12. The van der Waals surface area contributed by atoms with Crippen molar-refractivity contribution in [3.05, 3.63) is 22.2 Å². The van der Waals surface area contributed by atoms with Crippen LogP contribution >= 0.6 is 15.9 Å². The molecule has 0 bridgehead atoms. The molecule has 0 radical (unpaired) electrons. The summed E-state index contributed by atoms with van der Waals surface area (Å²) in [6, 6.07) is 4.99. The number of halogens is 1. The van der Waals surface area contributed by atoms with E-state index < -0.39 is 6.04 Å². The summed E-state index contributed by atoms with van der Waals surface area (Å²) in [7, 11) is 3.16. The second-order valence-corrected chi connectivity index (χ2v) is 3.76. The Hall–Kier alpha value is -1.25. The summed E-state index contributed by atoms with van der Waals surface area (Å²) in [5.74, 6) is 0.379. The Kier molecular flexibility index (Phi) is 3.95. The van der Waals surface area contributed by atoms with Gasteiger partial charge in [-0.2, -0.15) is 5.26 Å². The van der Waals surface area contributed by atoms with Gasteiger partial charge in [0.2, 0.25) is 0 Å². The summed E-state index contributed by atoms with van der Waals surface area (Å²) in [5, 5.41) is 21.3. The van der Waals surface area contributed by atoms with E-state index in [0.29, 0.717) is 10.2 Å². The zero-order chi connectivity index (χ0) is 11.4. The predicted octanol–water partition coefficient (Wildman–Crippen LogP) is 1.95. The third-order valence-corrected chi connectivity index (χ3v) is 2.63. The number of hydrogen-bond donors (Lipinski definition) is 2. The summed E-state index contributed by atoms with van der Waals surface area (Å²) in [4.78, 5) is 0. The molecule has 0 aliphatic carbocycles. The third kappa shape index (κ3) is 2.41. The molecular formula is C10H11BrN2O2. The van der Waals surface area contributed by atoms with Gasteiger partial charge < -0.3 is 15.2 Å². The molecule has 0 heterocycles. The fraction of sp³-hybridized carbons (Fsp3) is 0.300. The van der Waals surface area contributed by atoms with Gasteiger partial charge in [-0.3, -0.25) is 0 Å². The van der Waals surface area contributed by atoms with Crippen molar-refractivity contribution in [2.45, 2.75) is 6.04 Å². The Morgan fingerprint density at radius 2 is 2.27 bits per heavy atom. The van der Waals surface area contributed by atoms with Crippen LogP contribution in [0, 0.1) is 11.3 Å². The average molecular weight is 271 g/mol. The van der Waals surface area contributed by atoms with Crippen molar-refractivity contribution in [3.8, 4) is 17.6 Å². The van der Waals surface area contributed by atoms with Gasteiger partial charge in [-0.05, 0) is 40.7 Å². The highest BCUT2D eigenvalue weighted by atomic mass is 79.9. The lowest BCUT2D eigenvalue weighted by atomic mass is 10.1. The van der Waals surface area contributed by atoms with Crippen LogP contribution in [-0.4, -0.2) is 19.3 Å². The first kappa shape index (κ1) is 11.8. The maximum absolute atomic E-state index is 9.57. The lowest BCUT2D eigenvalue weighted by Crippen LogP contribution is -2.14. The van der Waals surface area contributed by atoms with Crippen LogP contribution < -0.4 is 10.1 Å². The Labute approximate surface area is 96.6 Å². The lowest BCUT2D eigenvalue weighted by molar-refractivity contribution is 0.371. The fourth-order valence-electron chi connectivity index (χ4n) is 1.22. The van der Waals surface area contributed by atoms with Crippen molar-refractivity contribution in [1.29, 1.82) is 5.26 Å². The molecule has 0 aliphatic rings. The first-order valence-electron chi connectivity index (χ1n) is 4.27. The number of methoxy groups -OCH3 is 1. The molecular weight excluding hydrogens is 260 g/mol. The number of rotatable bonds is 3. The van der Waals surface area contributed by atoms with Crippen molar-refractivity contribution in [1.82, 2.24) is 5.32 Å². The van der Waals surface area contributed by atoms with Gasteiger partial charge in [0, 0.05) is 0 Å². The quantitative estimate of drug-likeness (QED) is 0.881. The van der Waals surface area contributed by atoms with Crippen molar-refractivity contribution >= 4 is 15.9 Å². The molecule has 0 saturated heterocycles. The summed E-state index contributed by atoms with van der Waals surface area (Å²) in [6.45, 7) is 0. The van der Waals surface area contributed by atoms with Gasteiger partial charge >= 0.3 is 0 Å². The standard InChI is InChI=1S/C10H11BrN2O2/c1-13-8(5-12)6-3-7(11)10(14)9(4-6)15-2/h3-4,8,13-14H,1-2H3. The highest BCUT2D eigenvalue weighted by Crippen LogP contribution is 2.36. The number of aromatic hydroxyl groups is 1. The number of phenolic OH excluding ortho intramolecular Hbond substituents is 1. The monoisotopic (exact) mass is 270 g/mol. The Balaban J connectivity index is 3.22. The summed E-state index contributed by atoms with van der Waals surface area (Å²) in [5.41, 5.74) is 0.738. The van der Waals surface area contributed by atoms with E-state index in [-0.39, 0.29) is 5.75 Å². The van der Waals surface area contributed by atoms with Gasteiger partial charge in [0.15, 0.2) is 11.5 Å². The van der Waals surface area contributed by atoms with Crippen LogP contribution in [0.25, 0.3) is 0 Å². The van der Waals surface area contributed by atoms with E-state index in [9.17, 15) is 5.11 Å². The number of ether oxygens (including phenoxy) is 1. The number of nitrogens with zero attached hydrogens (tertiary/aromatic N) is 1. The topological polar surface area (TPSA) is 65.3 Å². The zero-order valence-corrected chi connectivity index (χ0v) is 10.00. The molecule has 1 aromatic rings. The normalized spacial score (nSPS) is 11.9. The van der Waals surface area contributed by atoms with Crippen molar-refractivity contribution in [3.63, 3.8) is 0 Å². The predicted molar refractivity (Wildman–Crippen MR) is 59.8 cm³/mol. The van der Waals surface area contributed by atoms with Crippen LogP contribution in [0.3, 0.4) is 0 Å². The van der Waals surface area contributed by atoms with Gasteiger partial charge in [0.05, 0.1) is 17.7 Å². The van der Waals surface area contributed by atoms with Gasteiger partial charge in [0.25, 0.3) is 0 Å². The molecule has 0 amide bonds. The Bertz CT molecular complexity index is 401. The van der Waals surface area contributed by atoms with Crippen molar-refractivity contribution in [2.75, 3.05) is 14.2 Å². The van der Waals surface area contributed by atoms with Crippen molar-refractivity contribution < 1.29 is 9.84 Å². The maximum Gasteiger partial charge on any atom is 0.172 e. The Morgan fingerprint density at radius 1 is 1.60 bits per heavy atom. The second-order valence-electron chi connectivity index (χ2n) is 2.90. The van der Waals surface area contributed by atoms with Crippen molar-refractivity contribution in [2.24, 2.45) is 0 Å². The SMILES string of the molecule is CNC(C#N)c1cc(Br)c(O)c(OC)c1. The minimum atomic E-state index is -0.421. The Morgan fingerprint density at radius 3 is 2.73 bits per heavy atom. The molecule has 4 nitrogen and oxygen atoms in total. The summed E-state index contributed by atoms with van der Waals surface area (Å²) in [6.07, 6.45) is 0. The minimum Gasteiger partial charge on any atom is -0.503 e. The van der Waals surface area contributed by atoms with E-state index in [1.54, 1.807) is 19.2 Å². The average Bonchev–Trinajstić information content (AvgIpc) is 2.24. The van der Waals surface area contributed by atoms with Crippen LogP contribution in [0.15, 0.2) is 16.6 Å². The molecule has 0 fully saturated rings. The van der Waals surface area contributed by atoms with Crippen LogP contribution in [-0.2, 0) is 0 Å². The summed E-state index contributed by atoms with van der Waals surface area (Å²) < 4.78 is 5.50. The van der Waals surface area contributed by atoms with Gasteiger partial charge in [-0.15, -0.1) is 0 Å². The van der Waals surface area contributed by atoms with Gasteiger partial charge in [-0.1, -0.05) is 0 Å². The second kappa shape index (κ2) is 5.01. The fourth-order valence-corrected chi connectivity index (χ4v) is 1.68. The van der Waals surface area contributed by atoms with Gasteiger partial charge in [0.1, 0.15) is 6.04 Å². The first-order chi connectivity index (χ1) is 7.13. The van der Waals surface area contributed by atoms with E-state index >= 15 is 0 Å². The number of benzene rings is 1. The molecule has 0 spiro atoms. The largest absolute Gasteiger partial charge is 0.503 e. The van der Waals surface area contributed by atoms with Crippen LogP contribution in [0.5, 0.6) is 11.5 Å². The molecule has 0 aliphatic heterocycles. The smallest absolute Gasteiger partial charge is 0.172 e. The molecule has 2 N–H and O–H groups in total. The van der Waals surface area contributed by atoms with E-state index in [4.69, 9.17) is 10.00 Å². The van der Waals surface area contributed by atoms with E-state index in [0.717, 1.165) is 5.56 Å². The number of hydrogen-bond acceptors (Lipinski definition) is 4. The highest BCUT2D eigenvalue weighted by Gasteiger charge is 2.14. The van der Waals surface area contributed by atoms with E-state index in [1.165, 1.54) is 7.11 Å². The van der Waals surface area contributed by atoms with Crippen LogP contribution in [0.4, 0.5) is 0 Å². The molecule has 80 valence electrons. The first-order valence-corrected chi connectivity index (χ1v) is 5.06. The molecule has 5 heteroatoms. The number of nitriles is 1. The molecule has 0 aromatic heterocycles. The molecule has 1 rings (SSSR count). The van der Waals surface area contributed by atoms with Crippen LogP contribution in [0.1, 0.15) is 11.6 Å².